The van der Waals surface area contributed by atoms with E-state index in [9.17, 15) is 14.4 Å². The maximum Gasteiger partial charge on any atom is 0.328 e. The van der Waals surface area contributed by atoms with Gasteiger partial charge in [0.1, 0.15) is 6.04 Å². The number of piperazine rings is 1. The van der Waals surface area contributed by atoms with Gasteiger partial charge >= 0.3 is 18.0 Å². The van der Waals surface area contributed by atoms with Gasteiger partial charge in [-0.25, -0.2) is 9.59 Å². The van der Waals surface area contributed by atoms with Crippen LogP contribution in [0, 0.1) is 0 Å². The summed E-state index contributed by atoms with van der Waals surface area (Å²) in [4.78, 5) is 36.9. The molecule has 1 aliphatic rings. The molecule has 0 aromatic rings. The largest absolute Gasteiger partial charge is 0.480 e. The molecule has 0 bridgehead atoms. The van der Waals surface area contributed by atoms with Crippen LogP contribution in [0.3, 0.4) is 0 Å². The minimum atomic E-state index is -0.878. The average Bonchev–Trinajstić information content (AvgIpc) is 2.37. The van der Waals surface area contributed by atoms with E-state index in [1.165, 1.54) is 7.11 Å². The van der Waals surface area contributed by atoms with Gasteiger partial charge in [-0.1, -0.05) is 0 Å². The highest BCUT2D eigenvalue weighted by atomic mass is 16.5. The molecule has 1 aliphatic heterocycles. The molecule has 1 fully saturated rings. The van der Waals surface area contributed by atoms with Gasteiger partial charge in [0.25, 0.3) is 0 Å². The van der Waals surface area contributed by atoms with Crippen molar-refractivity contribution in [1.29, 1.82) is 0 Å². The Kier molecular flexibility index (Phi) is 5.56. The fourth-order valence-corrected chi connectivity index (χ4v) is 1.81. The molecule has 8 heteroatoms. The van der Waals surface area contributed by atoms with E-state index in [1.807, 2.05) is 0 Å². The van der Waals surface area contributed by atoms with Gasteiger partial charge in [-0.15, -0.1) is 0 Å². The third-order valence-corrected chi connectivity index (χ3v) is 2.91. The van der Waals surface area contributed by atoms with Crippen LogP contribution in [0.4, 0.5) is 4.79 Å². The van der Waals surface area contributed by atoms with Crippen LogP contribution >= 0.6 is 0 Å². The molecular formula is C11H19N3O5. The molecule has 0 spiro atoms. The molecule has 1 saturated heterocycles. The van der Waals surface area contributed by atoms with Gasteiger partial charge in [-0.3, -0.25) is 9.69 Å². The topological polar surface area (TPSA) is 99.2 Å². The number of methoxy groups -OCH3 is 1. The van der Waals surface area contributed by atoms with Crippen LogP contribution in [-0.2, 0) is 14.3 Å². The summed E-state index contributed by atoms with van der Waals surface area (Å²) in [6.07, 6.45) is 0. The molecule has 1 heterocycles. The molecule has 1 atom stereocenters. The van der Waals surface area contributed by atoms with Crippen molar-refractivity contribution in [1.82, 2.24) is 15.1 Å². The summed E-state index contributed by atoms with van der Waals surface area (Å²) >= 11 is 0. The molecule has 0 aromatic carbocycles. The Morgan fingerprint density at radius 3 is 2.32 bits per heavy atom. The second kappa shape index (κ2) is 6.93. The first kappa shape index (κ1) is 15.2. The SMILES string of the molecule is COC(=O)C(C)NC(=O)N1CCN(CC(=O)O)CC1. The number of carbonyl (C=O) groups excluding carboxylic acids is 2. The van der Waals surface area contributed by atoms with Gasteiger partial charge in [0.15, 0.2) is 0 Å². The number of hydrogen-bond acceptors (Lipinski definition) is 5. The van der Waals surface area contributed by atoms with Gasteiger partial charge in [0.2, 0.25) is 0 Å². The van der Waals surface area contributed by atoms with Crippen LogP contribution in [0.15, 0.2) is 0 Å². The summed E-state index contributed by atoms with van der Waals surface area (Å²) in [6, 6.07) is -1.04. The van der Waals surface area contributed by atoms with Gasteiger partial charge in [-0.2, -0.15) is 0 Å². The van der Waals surface area contributed by atoms with E-state index >= 15 is 0 Å². The molecule has 108 valence electrons. The van der Waals surface area contributed by atoms with Crippen LogP contribution in [0.2, 0.25) is 0 Å². The van der Waals surface area contributed by atoms with Crippen LogP contribution in [0.5, 0.6) is 0 Å². The zero-order valence-electron chi connectivity index (χ0n) is 11.1. The van der Waals surface area contributed by atoms with E-state index in [1.54, 1.807) is 16.7 Å². The second-order valence-electron chi connectivity index (χ2n) is 4.35. The summed E-state index contributed by atoms with van der Waals surface area (Å²) in [5, 5.41) is 11.2. The molecule has 0 aliphatic carbocycles. The maximum atomic E-state index is 11.8. The third-order valence-electron chi connectivity index (χ3n) is 2.91. The molecular weight excluding hydrogens is 254 g/mol. The van der Waals surface area contributed by atoms with Crippen molar-refractivity contribution in [3.63, 3.8) is 0 Å². The first-order chi connectivity index (χ1) is 8.93. The van der Waals surface area contributed by atoms with E-state index in [0.29, 0.717) is 26.2 Å². The highest BCUT2D eigenvalue weighted by Gasteiger charge is 2.24. The number of carboxylic acids is 1. The van der Waals surface area contributed by atoms with E-state index in [-0.39, 0.29) is 12.6 Å². The van der Waals surface area contributed by atoms with Crippen LogP contribution in [0.25, 0.3) is 0 Å². The number of amides is 2. The van der Waals surface area contributed by atoms with Crippen molar-refractivity contribution in [2.75, 3.05) is 39.8 Å². The Balaban J connectivity index is 2.36. The number of urea groups is 1. The summed E-state index contributed by atoms with van der Waals surface area (Å²) in [5.74, 6) is -1.38. The minimum Gasteiger partial charge on any atom is -0.480 e. The first-order valence-corrected chi connectivity index (χ1v) is 6.01. The monoisotopic (exact) mass is 273 g/mol. The third kappa shape index (κ3) is 4.74. The van der Waals surface area contributed by atoms with Crippen LogP contribution in [0.1, 0.15) is 6.92 Å². The smallest absolute Gasteiger partial charge is 0.328 e. The number of hydrogen-bond donors (Lipinski definition) is 2. The van der Waals surface area contributed by atoms with Gasteiger partial charge in [0.05, 0.1) is 13.7 Å². The Labute approximate surface area is 111 Å². The van der Waals surface area contributed by atoms with Crippen molar-refractivity contribution in [3.8, 4) is 0 Å². The zero-order valence-corrected chi connectivity index (χ0v) is 11.1. The molecule has 19 heavy (non-hydrogen) atoms. The summed E-state index contributed by atoms with van der Waals surface area (Å²) in [5.41, 5.74) is 0. The zero-order chi connectivity index (χ0) is 14.4. The normalized spacial score (nSPS) is 17.7. The predicted octanol–water partition coefficient (Wildman–Crippen LogP) is -1.04. The second-order valence-corrected chi connectivity index (χ2v) is 4.35. The van der Waals surface area contributed by atoms with E-state index in [0.717, 1.165) is 0 Å². The number of rotatable bonds is 4. The standard InChI is InChI=1S/C11H19N3O5/c1-8(10(17)19-2)12-11(18)14-5-3-13(4-6-14)7-9(15)16/h8H,3-7H2,1-2H3,(H,12,18)(H,15,16). The Hall–Kier alpha value is -1.83. The van der Waals surface area contributed by atoms with Gasteiger partial charge < -0.3 is 20.1 Å². The molecule has 0 radical (unpaired) electrons. The molecule has 0 saturated carbocycles. The van der Waals surface area contributed by atoms with E-state index in [4.69, 9.17) is 5.11 Å². The molecule has 2 N–H and O–H groups in total. The molecule has 2 amide bonds. The van der Waals surface area contributed by atoms with Crippen LogP contribution < -0.4 is 5.32 Å². The minimum absolute atomic E-state index is 0.0198. The number of ether oxygens (including phenoxy) is 1. The number of nitrogens with zero attached hydrogens (tertiary/aromatic N) is 2. The molecule has 1 unspecified atom stereocenters. The van der Waals surface area contributed by atoms with Crippen LogP contribution in [-0.4, -0.2) is 78.8 Å². The highest BCUT2D eigenvalue weighted by Crippen LogP contribution is 2.02. The van der Waals surface area contributed by atoms with Crippen molar-refractivity contribution in [2.45, 2.75) is 13.0 Å². The lowest BCUT2D eigenvalue weighted by atomic mass is 10.3. The Morgan fingerprint density at radius 1 is 1.26 bits per heavy atom. The first-order valence-electron chi connectivity index (χ1n) is 6.01. The van der Waals surface area contributed by atoms with Gasteiger partial charge in [-0.05, 0) is 6.92 Å². The number of nitrogens with one attached hydrogen (secondary N) is 1. The lowest BCUT2D eigenvalue weighted by molar-refractivity contribution is -0.142. The quantitative estimate of drug-likeness (QED) is 0.635. The molecule has 8 nitrogen and oxygen atoms in total. The number of esters is 1. The summed E-state index contributed by atoms with van der Waals surface area (Å²) in [7, 11) is 1.26. The highest BCUT2D eigenvalue weighted by molar-refractivity contribution is 5.83. The van der Waals surface area contributed by atoms with Crippen molar-refractivity contribution in [2.24, 2.45) is 0 Å². The molecule has 1 rings (SSSR count). The molecule has 0 aromatic heterocycles. The fraction of sp³-hybridized carbons (Fsp3) is 0.727. The number of carboxylic acid groups (broad SMARTS) is 1. The van der Waals surface area contributed by atoms with Crippen molar-refractivity contribution >= 4 is 18.0 Å². The lowest BCUT2D eigenvalue weighted by Crippen LogP contribution is -2.54. The van der Waals surface area contributed by atoms with Gasteiger partial charge in [0, 0.05) is 26.2 Å². The maximum absolute atomic E-state index is 11.8. The summed E-state index contributed by atoms with van der Waals surface area (Å²) in [6.45, 7) is 3.41. The van der Waals surface area contributed by atoms with E-state index < -0.39 is 18.0 Å². The van der Waals surface area contributed by atoms with Crippen molar-refractivity contribution in [3.05, 3.63) is 0 Å². The Bertz CT molecular complexity index is 352. The van der Waals surface area contributed by atoms with Crippen molar-refractivity contribution < 1.29 is 24.2 Å². The number of aliphatic carboxylic acids is 1. The van der Waals surface area contributed by atoms with E-state index in [2.05, 4.69) is 10.1 Å². The average molecular weight is 273 g/mol. The predicted molar refractivity (Wildman–Crippen MR) is 65.7 cm³/mol. The fourth-order valence-electron chi connectivity index (χ4n) is 1.81. The lowest BCUT2D eigenvalue weighted by Gasteiger charge is -2.34. The number of carbonyl (C=O) groups is 3. The summed E-state index contributed by atoms with van der Waals surface area (Å²) < 4.78 is 4.52. The Morgan fingerprint density at radius 2 is 1.84 bits per heavy atom.